The van der Waals surface area contributed by atoms with Crippen LogP contribution < -0.4 is 19.1 Å². The molecule has 366 valence electrons. The minimum atomic E-state index is -2.35. The molecule has 4 aliphatic rings. The Morgan fingerprint density at radius 1 is 0.882 bits per heavy atom. The van der Waals surface area contributed by atoms with E-state index in [-0.39, 0.29) is 71.2 Å². The summed E-state index contributed by atoms with van der Waals surface area (Å²) in [7, 11) is 0.648. The number of benzene rings is 2. The number of piperazine rings is 1. The molecule has 3 aliphatic heterocycles. The summed E-state index contributed by atoms with van der Waals surface area (Å²) >= 11 is 0. The van der Waals surface area contributed by atoms with Gasteiger partial charge in [-0.15, -0.1) is 5.54 Å². The average Bonchev–Trinajstić information content (AvgIpc) is 3.78. The van der Waals surface area contributed by atoms with Crippen LogP contribution in [0.2, 0.25) is 16.6 Å². The van der Waals surface area contributed by atoms with Gasteiger partial charge in [-0.25, -0.2) is 18.6 Å². The first kappa shape index (κ1) is 49.4. The van der Waals surface area contributed by atoms with E-state index in [0.29, 0.717) is 52.1 Å². The standard InChI is InChI=1S/C53H70F2N6O6Si/c1-30(2)37(25-59-23-35-20-36(35)24-59)28-65-51-57-48-45(49(58-51)60-26-38-15-16-39(27-60)61(38)52(62)67-53(9,10)11)50(64-13)56-47(46(48)55)42-22-40(66-29-63-12)21-34-14-17-43(54)41(44(34)42)18-19-68(31(3)4,32(5)6)33(7)8/h14,17,21-22,31-33,35-36,38-39H,15-16,20,23-29H2,1-13H3. The number of carbonyl (C=O) groups excluding carboxylic acids is 1. The molecule has 4 unspecified atom stereocenters. The molecule has 4 atom stereocenters. The second-order valence-corrected chi connectivity index (χ2v) is 27.1. The first-order chi connectivity index (χ1) is 32.2. The Hall–Kier alpha value is -5.04. The number of fused-ring (bicyclic) bond motifs is 5. The Kier molecular flexibility index (Phi) is 14.1. The molecule has 68 heavy (non-hydrogen) atoms. The van der Waals surface area contributed by atoms with Crippen LogP contribution in [0.25, 0.3) is 32.9 Å². The van der Waals surface area contributed by atoms with Crippen molar-refractivity contribution >= 4 is 41.7 Å². The van der Waals surface area contributed by atoms with Crippen molar-refractivity contribution in [3.8, 4) is 40.4 Å². The lowest BCUT2D eigenvalue weighted by Crippen LogP contribution is -2.57. The van der Waals surface area contributed by atoms with Crippen LogP contribution in [0, 0.1) is 34.9 Å². The summed E-state index contributed by atoms with van der Waals surface area (Å²) in [6.07, 6.45) is 2.50. The number of aromatic nitrogens is 3. The largest absolute Gasteiger partial charge is 0.480 e. The summed E-state index contributed by atoms with van der Waals surface area (Å²) < 4.78 is 64.5. The number of likely N-dealkylation sites (tertiary alicyclic amines) is 1. The van der Waals surface area contributed by atoms with Gasteiger partial charge in [0.15, 0.2) is 12.6 Å². The lowest BCUT2D eigenvalue weighted by molar-refractivity contribution is 0.0122. The fourth-order valence-corrected chi connectivity index (χ4v) is 16.5. The normalized spacial score (nSPS) is 20.3. The molecule has 0 spiro atoms. The third-order valence-electron chi connectivity index (χ3n) is 14.8. The Morgan fingerprint density at radius 2 is 1.54 bits per heavy atom. The fourth-order valence-electron chi connectivity index (χ4n) is 11.3. The van der Waals surface area contributed by atoms with E-state index < -0.39 is 25.3 Å². The van der Waals surface area contributed by atoms with Crippen molar-refractivity contribution in [1.82, 2.24) is 24.8 Å². The summed E-state index contributed by atoms with van der Waals surface area (Å²) in [6.45, 7) is 26.9. The number of ether oxygens (including phenoxy) is 5. The predicted molar refractivity (Wildman–Crippen MR) is 266 cm³/mol. The maximum absolute atomic E-state index is 18.2. The summed E-state index contributed by atoms with van der Waals surface area (Å²) in [4.78, 5) is 34.7. The molecule has 4 fully saturated rings. The molecule has 4 aromatic rings. The third kappa shape index (κ3) is 9.62. The number of anilines is 1. The molecule has 1 aliphatic carbocycles. The highest BCUT2D eigenvalue weighted by atomic mass is 28.3. The number of amides is 1. The number of hydrogen-bond acceptors (Lipinski definition) is 11. The molecular weight excluding hydrogens is 883 g/mol. The van der Waals surface area contributed by atoms with Crippen molar-refractivity contribution in [2.24, 2.45) is 11.8 Å². The quantitative estimate of drug-likeness (QED) is 0.0521. The lowest BCUT2D eigenvalue weighted by Gasteiger charge is -2.42. The van der Waals surface area contributed by atoms with E-state index >= 15 is 8.78 Å². The van der Waals surface area contributed by atoms with Crippen molar-refractivity contribution in [2.75, 3.05) is 65.2 Å². The second-order valence-electron chi connectivity index (χ2n) is 21.5. The predicted octanol–water partition coefficient (Wildman–Crippen LogP) is 10.9. The van der Waals surface area contributed by atoms with Crippen LogP contribution in [-0.4, -0.2) is 117 Å². The SMILES string of the molecule is COCOc1cc(-c2nc(OC)c3c(N4CC5CCC(C4)N5C(=O)OC(C)(C)C)nc(OCC(CN4CC5CC5C4)=C(C)C)nc3c2F)c2c(C#C[Si](C(C)C)(C(C)C)C(C)C)c(F)ccc2c1. The molecule has 2 aromatic carbocycles. The number of methoxy groups -OCH3 is 2. The van der Waals surface area contributed by atoms with E-state index in [9.17, 15) is 4.79 Å². The number of nitrogens with zero attached hydrogens (tertiary/aromatic N) is 6. The second kappa shape index (κ2) is 19.4. The highest BCUT2D eigenvalue weighted by Crippen LogP contribution is 2.47. The topological polar surface area (TPSA) is 112 Å². The summed E-state index contributed by atoms with van der Waals surface area (Å²) in [6, 6.07) is 6.12. The lowest BCUT2D eigenvalue weighted by atomic mass is 9.95. The maximum atomic E-state index is 18.2. The van der Waals surface area contributed by atoms with E-state index in [2.05, 4.69) is 76.7 Å². The van der Waals surface area contributed by atoms with Gasteiger partial charge in [0.05, 0.1) is 24.8 Å². The van der Waals surface area contributed by atoms with E-state index in [1.54, 1.807) is 18.2 Å². The van der Waals surface area contributed by atoms with Gasteiger partial charge in [-0.05, 0) is 111 Å². The number of hydrogen-bond donors (Lipinski definition) is 0. The monoisotopic (exact) mass is 953 g/mol. The highest BCUT2D eigenvalue weighted by molar-refractivity contribution is 6.90. The number of piperidine rings is 1. The van der Waals surface area contributed by atoms with E-state index in [0.717, 1.165) is 55.5 Å². The first-order valence-corrected chi connectivity index (χ1v) is 26.6. The Balaban J connectivity index is 1.31. The zero-order valence-electron chi connectivity index (χ0n) is 42.3. The van der Waals surface area contributed by atoms with Crippen molar-refractivity contribution in [2.45, 2.75) is 130 Å². The molecular formula is C53H70F2N6O6Si. The van der Waals surface area contributed by atoms with Gasteiger partial charge in [0.1, 0.15) is 54.3 Å². The van der Waals surface area contributed by atoms with Gasteiger partial charge in [-0.3, -0.25) is 9.80 Å². The van der Waals surface area contributed by atoms with Crippen molar-refractivity contribution in [3.63, 3.8) is 0 Å². The van der Waals surface area contributed by atoms with Crippen LogP contribution in [0.5, 0.6) is 17.6 Å². The summed E-state index contributed by atoms with van der Waals surface area (Å²) in [5.74, 6) is 4.46. The van der Waals surface area contributed by atoms with Crippen molar-refractivity contribution < 1.29 is 37.3 Å². The van der Waals surface area contributed by atoms with Crippen LogP contribution in [0.3, 0.4) is 0 Å². The Bertz CT molecular complexity index is 2630. The molecule has 0 N–H and O–H groups in total. The van der Waals surface area contributed by atoms with E-state index in [4.69, 9.17) is 38.6 Å². The number of pyridine rings is 1. The van der Waals surface area contributed by atoms with E-state index in [1.807, 2.05) is 25.7 Å². The number of carbonyl (C=O) groups is 1. The van der Waals surface area contributed by atoms with Gasteiger partial charge in [0, 0.05) is 50.8 Å². The minimum Gasteiger partial charge on any atom is -0.480 e. The molecule has 2 aromatic heterocycles. The molecule has 1 amide bonds. The van der Waals surface area contributed by atoms with Gasteiger partial charge >= 0.3 is 12.1 Å². The maximum Gasteiger partial charge on any atom is 0.410 e. The third-order valence-corrected chi connectivity index (χ3v) is 21.0. The molecule has 8 rings (SSSR count). The molecule has 0 radical (unpaired) electrons. The van der Waals surface area contributed by atoms with Gasteiger partial charge in [0.25, 0.3) is 0 Å². The molecule has 3 saturated heterocycles. The van der Waals surface area contributed by atoms with Gasteiger partial charge in [-0.2, -0.15) is 9.97 Å². The highest BCUT2D eigenvalue weighted by Gasteiger charge is 2.47. The molecule has 12 nitrogen and oxygen atoms in total. The Labute approximate surface area is 402 Å². The van der Waals surface area contributed by atoms with Crippen molar-refractivity contribution in [1.29, 1.82) is 0 Å². The number of allylic oxidation sites excluding steroid dienone is 1. The Morgan fingerprint density at radius 3 is 2.13 bits per heavy atom. The van der Waals surface area contributed by atoms with Gasteiger partial charge in [-0.1, -0.05) is 59.1 Å². The first-order valence-electron chi connectivity index (χ1n) is 24.4. The minimum absolute atomic E-state index is 0.00691. The summed E-state index contributed by atoms with van der Waals surface area (Å²) in [5.41, 5.74) is 6.40. The summed E-state index contributed by atoms with van der Waals surface area (Å²) in [5, 5.41) is 1.23. The average molecular weight is 953 g/mol. The molecule has 2 bridgehead atoms. The van der Waals surface area contributed by atoms with Gasteiger partial charge < -0.3 is 28.6 Å². The smallest absolute Gasteiger partial charge is 0.410 e. The van der Waals surface area contributed by atoms with Gasteiger partial charge in [0.2, 0.25) is 5.88 Å². The van der Waals surface area contributed by atoms with Crippen LogP contribution >= 0.6 is 0 Å². The van der Waals surface area contributed by atoms with E-state index in [1.165, 1.54) is 26.7 Å². The zero-order chi connectivity index (χ0) is 49.0. The zero-order valence-corrected chi connectivity index (χ0v) is 43.3. The van der Waals surface area contributed by atoms with Crippen LogP contribution in [0.4, 0.5) is 19.4 Å². The number of halogens is 2. The van der Waals surface area contributed by atoms with Crippen LogP contribution in [0.15, 0.2) is 35.4 Å². The number of rotatable bonds is 14. The van der Waals surface area contributed by atoms with Crippen LogP contribution in [-0.2, 0) is 9.47 Å². The van der Waals surface area contributed by atoms with Crippen molar-refractivity contribution in [3.05, 3.63) is 52.6 Å². The fraction of sp³-hybridized carbons (Fsp3) is 0.585. The molecule has 1 saturated carbocycles. The van der Waals surface area contributed by atoms with Crippen LogP contribution in [0.1, 0.15) is 101 Å². The molecule has 5 heterocycles. The molecule has 15 heteroatoms.